The van der Waals surface area contributed by atoms with Crippen LogP contribution in [-0.4, -0.2) is 78.0 Å². The molecule has 3 aromatic rings. The van der Waals surface area contributed by atoms with Gasteiger partial charge in [0.15, 0.2) is 5.65 Å². The Morgan fingerprint density at radius 3 is 2.58 bits per heavy atom. The Balaban J connectivity index is 1.04. The molecule has 1 N–H and O–H groups in total. The second kappa shape index (κ2) is 10.9. The molecule has 1 saturated heterocycles. The number of piperidine rings is 1. The van der Waals surface area contributed by atoms with E-state index in [9.17, 15) is 19.1 Å². The highest BCUT2D eigenvalue weighted by atomic mass is 19.1. The van der Waals surface area contributed by atoms with E-state index in [1.165, 1.54) is 33.9 Å². The van der Waals surface area contributed by atoms with Crippen molar-refractivity contribution in [2.75, 3.05) is 19.8 Å². The Kier molecular flexibility index (Phi) is 7.20. The van der Waals surface area contributed by atoms with Crippen LogP contribution in [0.15, 0.2) is 58.9 Å². The fourth-order valence-electron chi connectivity index (χ4n) is 5.75. The van der Waals surface area contributed by atoms with Gasteiger partial charge < -0.3 is 10.0 Å². The summed E-state index contributed by atoms with van der Waals surface area (Å²) >= 11 is 0. The number of carbonyl (C=O) groups excluding carboxylic acids is 1. The number of hydroxylamine groups is 2. The number of likely N-dealkylation sites (tertiary alicyclic amines) is 1. The molecule has 6 rings (SSSR count). The minimum atomic E-state index is -1.13. The number of aliphatic imine (C=N–C) groups is 1. The highest BCUT2D eigenvalue weighted by Gasteiger charge is 2.37. The average Bonchev–Trinajstić information content (AvgIpc) is 3.41. The van der Waals surface area contributed by atoms with Crippen molar-refractivity contribution in [1.82, 2.24) is 29.3 Å². The molecule has 11 nitrogen and oxygen atoms in total. The summed E-state index contributed by atoms with van der Waals surface area (Å²) in [6.45, 7) is 1.45. The Morgan fingerprint density at radius 1 is 1.12 bits per heavy atom. The zero-order valence-electron chi connectivity index (χ0n) is 22.1. The third-order valence-electron chi connectivity index (χ3n) is 8.07. The van der Waals surface area contributed by atoms with Gasteiger partial charge in [0.05, 0.1) is 30.1 Å². The molecule has 0 spiro atoms. The summed E-state index contributed by atoms with van der Waals surface area (Å²) in [7, 11) is 0. The minimum Gasteiger partial charge on any atom is -0.388 e. The van der Waals surface area contributed by atoms with E-state index in [1.807, 2.05) is 17.2 Å². The number of hydrogen-bond donors (Lipinski definition) is 1. The monoisotopic (exact) mass is 549 g/mol. The standard InChI is InChI=1S/C28H32FN7O4/c29-21-4-6-22(7-5-21)36-25-24(16-32-36)27(38)34(19-31-25)17-28(39)10-14-33(15-11-28)26(37)20-2-8-23(9-3-20)40-35-13-1-12-30-18-35/h1,4-7,12-13,16,19-20,23,39H,2-3,8-11,14-15,17-18H2. The molecule has 0 unspecified atom stereocenters. The van der Waals surface area contributed by atoms with Crippen molar-refractivity contribution in [2.24, 2.45) is 10.9 Å². The first-order valence-electron chi connectivity index (χ1n) is 13.7. The van der Waals surface area contributed by atoms with E-state index in [4.69, 9.17) is 4.84 Å². The van der Waals surface area contributed by atoms with E-state index in [1.54, 1.807) is 23.4 Å². The van der Waals surface area contributed by atoms with Gasteiger partial charge in [-0.25, -0.2) is 19.1 Å². The number of carbonyl (C=O) groups is 1. The van der Waals surface area contributed by atoms with Crippen LogP contribution in [0.1, 0.15) is 38.5 Å². The quantitative estimate of drug-likeness (QED) is 0.502. The zero-order valence-corrected chi connectivity index (χ0v) is 22.1. The molecule has 1 aliphatic carbocycles. The summed E-state index contributed by atoms with van der Waals surface area (Å²) in [4.78, 5) is 42.8. The van der Waals surface area contributed by atoms with E-state index in [-0.39, 0.29) is 35.9 Å². The van der Waals surface area contributed by atoms with Crippen molar-refractivity contribution in [1.29, 1.82) is 0 Å². The van der Waals surface area contributed by atoms with Gasteiger partial charge in [0.1, 0.15) is 24.2 Å². The van der Waals surface area contributed by atoms with Gasteiger partial charge in [-0.05, 0) is 68.9 Å². The number of benzene rings is 1. The smallest absolute Gasteiger partial charge is 0.264 e. The highest BCUT2D eigenvalue weighted by Crippen LogP contribution is 2.31. The van der Waals surface area contributed by atoms with Crippen molar-refractivity contribution in [3.05, 3.63) is 65.2 Å². The first-order valence-corrected chi connectivity index (χ1v) is 13.7. The Morgan fingerprint density at radius 2 is 1.88 bits per heavy atom. The first-order chi connectivity index (χ1) is 19.4. The lowest BCUT2D eigenvalue weighted by molar-refractivity contribution is -0.176. The van der Waals surface area contributed by atoms with Gasteiger partial charge in [-0.3, -0.25) is 24.0 Å². The van der Waals surface area contributed by atoms with Crippen LogP contribution in [0.25, 0.3) is 16.7 Å². The van der Waals surface area contributed by atoms with Gasteiger partial charge in [-0.15, -0.1) is 0 Å². The Labute approximate surface area is 230 Å². The third kappa shape index (κ3) is 5.41. The molecule has 40 heavy (non-hydrogen) atoms. The SMILES string of the molecule is O=C(C1CCC(ON2C=CC=NC2)CC1)N1CCC(O)(Cn2cnc3c(cnn3-c3ccc(F)cc3)c2=O)CC1. The van der Waals surface area contributed by atoms with Gasteiger partial charge >= 0.3 is 0 Å². The van der Waals surface area contributed by atoms with Gasteiger partial charge in [-0.1, -0.05) is 0 Å². The molecular formula is C28H32FN7O4. The van der Waals surface area contributed by atoms with E-state index in [0.29, 0.717) is 49.3 Å². The maximum atomic E-state index is 13.3. The second-order valence-electron chi connectivity index (χ2n) is 10.8. The van der Waals surface area contributed by atoms with Crippen LogP contribution in [-0.2, 0) is 16.2 Å². The molecular weight excluding hydrogens is 517 g/mol. The van der Waals surface area contributed by atoms with Gasteiger partial charge in [0, 0.05) is 31.4 Å². The van der Waals surface area contributed by atoms with Crippen molar-refractivity contribution in [2.45, 2.75) is 56.8 Å². The van der Waals surface area contributed by atoms with E-state index < -0.39 is 5.60 Å². The second-order valence-corrected chi connectivity index (χ2v) is 10.8. The van der Waals surface area contributed by atoms with Crippen LogP contribution in [0.4, 0.5) is 4.39 Å². The number of allylic oxidation sites excluding steroid dienone is 1. The van der Waals surface area contributed by atoms with Gasteiger partial charge in [0.25, 0.3) is 5.56 Å². The molecule has 2 fully saturated rings. The number of fused-ring (bicyclic) bond motifs is 1. The fraction of sp³-hybridized carbons (Fsp3) is 0.464. The number of amides is 1. The Hall–Kier alpha value is -3.90. The molecule has 210 valence electrons. The number of halogens is 1. The predicted molar refractivity (Wildman–Crippen MR) is 145 cm³/mol. The summed E-state index contributed by atoms with van der Waals surface area (Å²) in [5.41, 5.74) is -0.484. The molecule has 1 saturated carbocycles. The number of aromatic nitrogens is 4. The lowest BCUT2D eigenvalue weighted by Crippen LogP contribution is -2.51. The molecule has 12 heteroatoms. The van der Waals surface area contributed by atoms with Crippen LogP contribution in [0.2, 0.25) is 0 Å². The predicted octanol–water partition coefficient (Wildman–Crippen LogP) is 2.42. The molecule has 2 aliphatic heterocycles. The number of nitrogens with zero attached hydrogens (tertiary/aromatic N) is 7. The van der Waals surface area contributed by atoms with Crippen LogP contribution >= 0.6 is 0 Å². The molecule has 0 atom stereocenters. The van der Waals surface area contributed by atoms with Gasteiger partial charge in [-0.2, -0.15) is 5.10 Å². The normalized spacial score (nSPS) is 22.6. The summed E-state index contributed by atoms with van der Waals surface area (Å²) in [6.07, 6.45) is 12.3. The van der Waals surface area contributed by atoms with Crippen LogP contribution in [0.5, 0.6) is 0 Å². The van der Waals surface area contributed by atoms with E-state index in [0.717, 1.165) is 25.7 Å². The van der Waals surface area contributed by atoms with Crippen molar-refractivity contribution >= 4 is 23.2 Å². The third-order valence-corrected chi connectivity index (χ3v) is 8.07. The van der Waals surface area contributed by atoms with Crippen LogP contribution in [0, 0.1) is 11.7 Å². The number of rotatable bonds is 6. The molecule has 0 radical (unpaired) electrons. The fourth-order valence-corrected chi connectivity index (χ4v) is 5.75. The van der Waals surface area contributed by atoms with Crippen LogP contribution in [0.3, 0.4) is 0 Å². The topological polar surface area (TPSA) is 118 Å². The van der Waals surface area contributed by atoms with Crippen LogP contribution < -0.4 is 5.56 Å². The summed E-state index contributed by atoms with van der Waals surface area (Å²) in [5, 5.41) is 17.6. The van der Waals surface area contributed by atoms with Crippen molar-refractivity contribution in [3.8, 4) is 5.69 Å². The summed E-state index contributed by atoms with van der Waals surface area (Å²) < 4.78 is 16.2. The lowest BCUT2D eigenvalue weighted by Gasteiger charge is -2.40. The molecule has 3 aliphatic rings. The van der Waals surface area contributed by atoms with E-state index >= 15 is 0 Å². The molecule has 2 aromatic heterocycles. The molecule has 4 heterocycles. The highest BCUT2D eigenvalue weighted by molar-refractivity contribution is 5.79. The van der Waals surface area contributed by atoms with Crippen molar-refractivity contribution < 1.29 is 19.1 Å². The van der Waals surface area contributed by atoms with Gasteiger partial charge in [0.2, 0.25) is 5.91 Å². The first kappa shape index (κ1) is 26.3. The molecule has 1 aromatic carbocycles. The number of hydrogen-bond acceptors (Lipinski definition) is 8. The van der Waals surface area contributed by atoms with E-state index in [2.05, 4.69) is 15.1 Å². The summed E-state index contributed by atoms with van der Waals surface area (Å²) in [5.74, 6) is -0.264. The zero-order chi connectivity index (χ0) is 27.7. The maximum absolute atomic E-state index is 13.3. The minimum absolute atomic E-state index is 0.0344. The average molecular weight is 550 g/mol. The molecule has 1 amide bonds. The van der Waals surface area contributed by atoms with Crippen molar-refractivity contribution in [3.63, 3.8) is 0 Å². The molecule has 0 bridgehead atoms. The number of aliphatic hydroxyl groups is 1. The lowest BCUT2D eigenvalue weighted by atomic mass is 9.85. The largest absolute Gasteiger partial charge is 0.388 e. The summed E-state index contributed by atoms with van der Waals surface area (Å²) in [6, 6.07) is 5.77. The Bertz CT molecular complexity index is 1480. The maximum Gasteiger partial charge on any atom is 0.264 e.